The number of nitrogens with zero attached hydrogens (tertiary/aromatic N) is 3. The Balaban J connectivity index is 1.43. The number of hydrogen-bond donors (Lipinski definition) is 1. The number of thioether (sulfide) groups is 1. The topological polar surface area (TPSA) is 66.3 Å². The third kappa shape index (κ3) is 5.29. The fraction of sp³-hybridized carbons (Fsp3) is 0.450. The van der Waals surface area contributed by atoms with Crippen LogP contribution in [0.4, 0.5) is 0 Å². The molecule has 1 N–H and O–H groups in total. The maximum absolute atomic E-state index is 12.4. The summed E-state index contributed by atoms with van der Waals surface area (Å²) in [5, 5.41) is 11.2. The fourth-order valence-electron chi connectivity index (χ4n) is 3.27. The third-order valence-electron chi connectivity index (χ3n) is 4.82. The highest BCUT2D eigenvalue weighted by molar-refractivity contribution is 7.99. The number of aromatic nitrogens is 2. The predicted octanol–water partition coefficient (Wildman–Crippen LogP) is 2.72. The first-order valence-corrected chi connectivity index (χ1v) is 10.0. The van der Waals surface area contributed by atoms with Crippen molar-refractivity contribution < 1.29 is 9.90 Å². The molecule has 0 radical (unpaired) electrons. The Morgan fingerprint density at radius 3 is 2.69 bits per heavy atom. The molecule has 26 heavy (non-hydrogen) atoms. The van der Waals surface area contributed by atoms with Crippen LogP contribution in [0.3, 0.4) is 0 Å². The van der Waals surface area contributed by atoms with E-state index in [1.807, 2.05) is 48.2 Å². The quantitative estimate of drug-likeness (QED) is 0.625. The van der Waals surface area contributed by atoms with Crippen LogP contribution in [0.5, 0.6) is 0 Å². The molecule has 3 rings (SSSR count). The summed E-state index contributed by atoms with van der Waals surface area (Å²) in [7, 11) is 0. The number of benzene rings is 1. The lowest BCUT2D eigenvalue weighted by Crippen LogP contribution is -2.42. The molecular weight excluding hydrogens is 346 g/mol. The monoisotopic (exact) mass is 371 g/mol. The van der Waals surface area contributed by atoms with Crippen molar-refractivity contribution >= 4 is 17.7 Å². The number of amides is 1. The number of aliphatic hydroxyl groups excluding tert-OH is 1. The summed E-state index contributed by atoms with van der Waals surface area (Å²) in [5.41, 5.74) is 2.07. The van der Waals surface area contributed by atoms with E-state index in [4.69, 9.17) is 0 Å². The van der Waals surface area contributed by atoms with Crippen molar-refractivity contribution in [2.75, 3.05) is 18.8 Å². The molecule has 138 valence electrons. The first-order chi connectivity index (χ1) is 12.6. The van der Waals surface area contributed by atoms with E-state index in [0.29, 0.717) is 30.4 Å². The Labute approximate surface area is 158 Å². The lowest BCUT2D eigenvalue weighted by atomic mass is 9.88. The zero-order chi connectivity index (χ0) is 18.4. The molecular formula is C20H25N3O2S. The van der Waals surface area contributed by atoms with Gasteiger partial charge in [0.15, 0.2) is 5.16 Å². The molecule has 1 atom stereocenters. The summed E-state index contributed by atoms with van der Waals surface area (Å²) in [4.78, 5) is 22.8. The highest BCUT2D eigenvalue weighted by Crippen LogP contribution is 2.24. The summed E-state index contributed by atoms with van der Waals surface area (Å²) >= 11 is 1.38. The van der Waals surface area contributed by atoms with E-state index in [-0.39, 0.29) is 17.9 Å². The number of likely N-dealkylation sites (tertiary alicyclic amines) is 1. The first kappa shape index (κ1) is 18.9. The molecule has 0 aliphatic carbocycles. The largest absolute Gasteiger partial charge is 0.392 e. The molecule has 1 amide bonds. The molecule has 1 aliphatic heterocycles. The van der Waals surface area contributed by atoms with Crippen LogP contribution in [-0.4, -0.2) is 50.8 Å². The second-order valence-electron chi connectivity index (χ2n) is 6.74. The average molecular weight is 372 g/mol. The molecule has 2 aromatic rings. The summed E-state index contributed by atoms with van der Waals surface area (Å²) in [6.45, 7) is 3.34. The fourth-order valence-corrected chi connectivity index (χ4v) is 4.05. The Bertz CT molecular complexity index is 718. The van der Waals surface area contributed by atoms with Gasteiger partial charge in [0, 0.05) is 25.0 Å². The molecule has 1 aromatic heterocycles. The maximum Gasteiger partial charge on any atom is 0.233 e. The van der Waals surface area contributed by atoms with E-state index in [1.54, 1.807) is 6.20 Å². The van der Waals surface area contributed by atoms with Gasteiger partial charge in [-0.15, -0.1) is 0 Å². The number of carbonyl (C=O) groups excluding carboxylic acids is 1. The van der Waals surface area contributed by atoms with Crippen molar-refractivity contribution in [1.29, 1.82) is 0 Å². The SMILES string of the molecule is Cc1ccnc(SCC(=O)N2CCC([C@@H](O)Cc3ccccc3)CC2)n1. The van der Waals surface area contributed by atoms with Crippen molar-refractivity contribution in [3.05, 3.63) is 53.9 Å². The highest BCUT2D eigenvalue weighted by atomic mass is 32.2. The smallest absolute Gasteiger partial charge is 0.233 e. The Morgan fingerprint density at radius 1 is 1.27 bits per heavy atom. The summed E-state index contributed by atoms with van der Waals surface area (Å²) < 4.78 is 0. The molecule has 5 nitrogen and oxygen atoms in total. The van der Waals surface area contributed by atoms with Gasteiger partial charge in [-0.2, -0.15) is 0 Å². The summed E-state index contributed by atoms with van der Waals surface area (Å²) in [5.74, 6) is 0.740. The van der Waals surface area contributed by atoms with E-state index in [0.717, 1.165) is 24.1 Å². The predicted molar refractivity (Wildman–Crippen MR) is 103 cm³/mol. The van der Waals surface area contributed by atoms with Gasteiger partial charge in [0.1, 0.15) is 0 Å². The number of aryl methyl sites for hydroxylation is 1. The van der Waals surface area contributed by atoms with Crippen LogP contribution in [0.2, 0.25) is 0 Å². The second kappa shape index (κ2) is 9.14. The van der Waals surface area contributed by atoms with Crippen molar-refractivity contribution in [2.45, 2.75) is 37.4 Å². The molecule has 0 spiro atoms. The number of rotatable bonds is 6. The van der Waals surface area contributed by atoms with Gasteiger partial charge in [-0.1, -0.05) is 42.1 Å². The van der Waals surface area contributed by atoms with Crippen LogP contribution in [0.15, 0.2) is 47.8 Å². The molecule has 0 bridgehead atoms. The van der Waals surface area contributed by atoms with E-state index in [9.17, 15) is 9.90 Å². The number of piperidine rings is 1. The highest BCUT2D eigenvalue weighted by Gasteiger charge is 2.27. The Hall–Kier alpha value is -1.92. The van der Waals surface area contributed by atoms with Gasteiger partial charge in [0.25, 0.3) is 0 Å². The van der Waals surface area contributed by atoms with Crippen LogP contribution in [0.1, 0.15) is 24.1 Å². The Morgan fingerprint density at radius 2 is 2.00 bits per heavy atom. The zero-order valence-corrected chi connectivity index (χ0v) is 15.9. The number of hydrogen-bond acceptors (Lipinski definition) is 5. The van der Waals surface area contributed by atoms with Crippen molar-refractivity contribution in [3.63, 3.8) is 0 Å². The molecule has 1 saturated heterocycles. The van der Waals surface area contributed by atoms with E-state index < -0.39 is 0 Å². The van der Waals surface area contributed by atoms with Gasteiger partial charge in [-0.25, -0.2) is 9.97 Å². The lowest BCUT2D eigenvalue weighted by Gasteiger charge is -2.34. The van der Waals surface area contributed by atoms with Gasteiger partial charge in [0.2, 0.25) is 5.91 Å². The van der Waals surface area contributed by atoms with E-state index in [1.165, 1.54) is 11.8 Å². The normalized spacial score (nSPS) is 16.5. The maximum atomic E-state index is 12.4. The second-order valence-corrected chi connectivity index (χ2v) is 7.69. The molecule has 6 heteroatoms. The van der Waals surface area contributed by atoms with Gasteiger partial charge in [-0.05, 0) is 43.7 Å². The van der Waals surface area contributed by atoms with E-state index in [2.05, 4.69) is 9.97 Å². The molecule has 1 fully saturated rings. The van der Waals surface area contributed by atoms with Gasteiger partial charge in [-0.3, -0.25) is 4.79 Å². The van der Waals surface area contributed by atoms with Crippen molar-refractivity contribution in [1.82, 2.24) is 14.9 Å². The Kier molecular flexibility index (Phi) is 6.63. The molecule has 0 unspecified atom stereocenters. The van der Waals surface area contributed by atoms with Gasteiger partial charge in [0.05, 0.1) is 11.9 Å². The zero-order valence-electron chi connectivity index (χ0n) is 15.0. The van der Waals surface area contributed by atoms with Crippen LogP contribution in [-0.2, 0) is 11.2 Å². The van der Waals surface area contributed by atoms with Crippen LogP contribution < -0.4 is 0 Å². The molecule has 1 aromatic carbocycles. The lowest BCUT2D eigenvalue weighted by molar-refractivity contribution is -0.130. The minimum absolute atomic E-state index is 0.121. The van der Waals surface area contributed by atoms with E-state index >= 15 is 0 Å². The third-order valence-corrected chi connectivity index (χ3v) is 5.67. The van der Waals surface area contributed by atoms with Crippen LogP contribution in [0.25, 0.3) is 0 Å². The standard InChI is InChI=1S/C20H25N3O2S/c1-15-7-10-21-20(22-15)26-14-19(25)23-11-8-17(9-12-23)18(24)13-16-5-3-2-4-6-16/h2-7,10,17-18,24H,8-9,11-14H2,1H3/t18-/m0/s1. The minimum atomic E-state index is -0.343. The molecule has 2 heterocycles. The number of aliphatic hydroxyl groups is 1. The van der Waals surface area contributed by atoms with Crippen molar-refractivity contribution in [2.24, 2.45) is 5.92 Å². The van der Waals surface area contributed by atoms with Gasteiger partial charge < -0.3 is 10.0 Å². The van der Waals surface area contributed by atoms with Crippen LogP contribution in [0, 0.1) is 12.8 Å². The van der Waals surface area contributed by atoms with Gasteiger partial charge >= 0.3 is 0 Å². The summed E-state index contributed by atoms with van der Waals surface area (Å²) in [6, 6.07) is 11.9. The number of carbonyl (C=O) groups is 1. The molecule has 0 saturated carbocycles. The molecule has 1 aliphatic rings. The average Bonchev–Trinajstić information content (AvgIpc) is 2.67. The summed E-state index contributed by atoms with van der Waals surface area (Å²) in [6.07, 6.45) is 3.76. The van der Waals surface area contributed by atoms with Crippen molar-refractivity contribution in [3.8, 4) is 0 Å². The van der Waals surface area contributed by atoms with Crippen LogP contribution >= 0.6 is 11.8 Å². The minimum Gasteiger partial charge on any atom is -0.392 e. The first-order valence-electron chi connectivity index (χ1n) is 9.04.